The van der Waals surface area contributed by atoms with Gasteiger partial charge in [0.1, 0.15) is 0 Å². The molecular formula is C14H15ClN2O2. The molecule has 1 aromatic carbocycles. The third-order valence-corrected chi connectivity index (χ3v) is 3.28. The first kappa shape index (κ1) is 13.5. The van der Waals surface area contributed by atoms with E-state index in [-0.39, 0.29) is 23.6 Å². The lowest BCUT2D eigenvalue weighted by Gasteiger charge is -2.31. The van der Waals surface area contributed by atoms with Crippen molar-refractivity contribution in [3.05, 3.63) is 58.5 Å². The molecule has 0 fully saturated rings. The Labute approximate surface area is 117 Å². The minimum absolute atomic E-state index is 0. The summed E-state index contributed by atoms with van der Waals surface area (Å²) in [5.41, 5.74) is 1.79. The van der Waals surface area contributed by atoms with Crippen molar-refractivity contribution in [3.63, 3.8) is 0 Å². The van der Waals surface area contributed by atoms with E-state index < -0.39 is 0 Å². The SMILES string of the molecule is Cl.O=c1cc2n(cc1O)CCN(c1ccccc1)C2. The molecule has 3 rings (SSSR count). The predicted octanol–water partition coefficient (Wildman–Crippen LogP) is 2.00. The molecule has 100 valence electrons. The van der Waals surface area contributed by atoms with E-state index in [1.165, 1.54) is 12.3 Å². The summed E-state index contributed by atoms with van der Waals surface area (Å²) in [7, 11) is 0. The third-order valence-electron chi connectivity index (χ3n) is 3.28. The number of hydrogen-bond donors (Lipinski definition) is 1. The molecule has 1 N–H and O–H groups in total. The van der Waals surface area contributed by atoms with Gasteiger partial charge in [0, 0.05) is 30.5 Å². The molecule has 1 aliphatic heterocycles. The highest BCUT2D eigenvalue weighted by Gasteiger charge is 2.16. The number of nitrogens with zero attached hydrogens (tertiary/aromatic N) is 2. The van der Waals surface area contributed by atoms with Crippen molar-refractivity contribution in [2.45, 2.75) is 13.1 Å². The zero-order valence-electron chi connectivity index (χ0n) is 10.3. The second-order valence-corrected chi connectivity index (χ2v) is 4.46. The van der Waals surface area contributed by atoms with E-state index >= 15 is 0 Å². The Hall–Kier alpha value is -1.94. The molecular weight excluding hydrogens is 264 g/mol. The molecule has 2 aromatic rings. The number of benzene rings is 1. The lowest BCUT2D eigenvalue weighted by atomic mass is 10.2. The van der Waals surface area contributed by atoms with Crippen LogP contribution in [0, 0.1) is 0 Å². The Morgan fingerprint density at radius 3 is 2.58 bits per heavy atom. The van der Waals surface area contributed by atoms with E-state index in [0.29, 0.717) is 6.54 Å². The molecule has 19 heavy (non-hydrogen) atoms. The van der Waals surface area contributed by atoms with Crippen molar-refractivity contribution >= 4 is 18.1 Å². The maximum absolute atomic E-state index is 11.5. The van der Waals surface area contributed by atoms with Crippen LogP contribution in [0.2, 0.25) is 0 Å². The summed E-state index contributed by atoms with van der Waals surface area (Å²) in [5.74, 6) is -0.174. The number of hydrogen-bond acceptors (Lipinski definition) is 3. The fourth-order valence-electron chi connectivity index (χ4n) is 2.31. The molecule has 1 aromatic heterocycles. The normalized spacial score (nSPS) is 13.6. The zero-order chi connectivity index (χ0) is 12.5. The van der Waals surface area contributed by atoms with Crippen LogP contribution in [-0.2, 0) is 13.1 Å². The van der Waals surface area contributed by atoms with Gasteiger partial charge in [0.05, 0.1) is 12.7 Å². The van der Waals surface area contributed by atoms with E-state index in [1.807, 2.05) is 22.8 Å². The number of pyridine rings is 1. The zero-order valence-corrected chi connectivity index (χ0v) is 11.1. The molecule has 1 aliphatic rings. The first-order chi connectivity index (χ1) is 8.74. The predicted molar refractivity (Wildman–Crippen MR) is 77.1 cm³/mol. The van der Waals surface area contributed by atoms with Gasteiger partial charge in [-0.2, -0.15) is 0 Å². The second-order valence-electron chi connectivity index (χ2n) is 4.46. The van der Waals surface area contributed by atoms with Crippen LogP contribution < -0.4 is 10.3 Å². The number of fused-ring (bicyclic) bond motifs is 1. The molecule has 5 heteroatoms. The maximum Gasteiger partial charge on any atom is 0.223 e. The number of halogens is 1. The van der Waals surface area contributed by atoms with Crippen LogP contribution in [0.3, 0.4) is 0 Å². The molecule has 0 saturated heterocycles. The highest BCUT2D eigenvalue weighted by Crippen LogP contribution is 2.20. The van der Waals surface area contributed by atoms with Gasteiger partial charge in [0.15, 0.2) is 5.75 Å². The van der Waals surface area contributed by atoms with E-state index in [1.54, 1.807) is 0 Å². The van der Waals surface area contributed by atoms with Gasteiger partial charge in [0.25, 0.3) is 0 Å². The molecule has 0 bridgehead atoms. The quantitative estimate of drug-likeness (QED) is 0.868. The Kier molecular flexibility index (Phi) is 3.81. The highest BCUT2D eigenvalue weighted by molar-refractivity contribution is 5.85. The first-order valence-corrected chi connectivity index (χ1v) is 5.96. The van der Waals surface area contributed by atoms with Crippen LogP contribution in [0.5, 0.6) is 5.75 Å². The van der Waals surface area contributed by atoms with Gasteiger partial charge in [-0.25, -0.2) is 0 Å². The second kappa shape index (κ2) is 5.36. The van der Waals surface area contributed by atoms with Crippen LogP contribution in [0.15, 0.2) is 47.4 Å². The Morgan fingerprint density at radius 1 is 1.11 bits per heavy atom. The average Bonchev–Trinajstić information content (AvgIpc) is 2.41. The van der Waals surface area contributed by atoms with E-state index in [9.17, 15) is 9.90 Å². The summed E-state index contributed by atoms with van der Waals surface area (Å²) < 4.78 is 1.94. The third kappa shape index (κ3) is 2.58. The maximum atomic E-state index is 11.5. The van der Waals surface area contributed by atoms with Gasteiger partial charge in [-0.3, -0.25) is 4.79 Å². The van der Waals surface area contributed by atoms with Gasteiger partial charge in [-0.1, -0.05) is 18.2 Å². The minimum Gasteiger partial charge on any atom is -0.503 e. The number of aromatic nitrogens is 1. The highest BCUT2D eigenvalue weighted by atomic mass is 35.5. The Balaban J connectivity index is 0.00000133. The van der Waals surface area contributed by atoms with Crippen LogP contribution in [0.4, 0.5) is 5.69 Å². The molecule has 0 aliphatic carbocycles. The van der Waals surface area contributed by atoms with Gasteiger partial charge in [0.2, 0.25) is 5.43 Å². The minimum atomic E-state index is -0.309. The summed E-state index contributed by atoms with van der Waals surface area (Å²) in [6, 6.07) is 11.7. The molecule has 0 radical (unpaired) electrons. The smallest absolute Gasteiger partial charge is 0.223 e. The van der Waals surface area contributed by atoms with Gasteiger partial charge < -0.3 is 14.6 Å². The monoisotopic (exact) mass is 278 g/mol. The van der Waals surface area contributed by atoms with E-state index in [4.69, 9.17) is 0 Å². The summed E-state index contributed by atoms with van der Waals surface area (Å²) in [6.07, 6.45) is 1.53. The van der Waals surface area contributed by atoms with E-state index in [0.717, 1.165) is 24.5 Å². The van der Waals surface area contributed by atoms with Crippen LogP contribution in [0.1, 0.15) is 5.69 Å². The molecule has 0 atom stereocenters. The molecule has 0 saturated carbocycles. The molecule has 0 amide bonds. The molecule has 2 heterocycles. The van der Waals surface area contributed by atoms with Crippen LogP contribution in [-0.4, -0.2) is 16.2 Å². The Morgan fingerprint density at radius 2 is 1.84 bits per heavy atom. The van der Waals surface area contributed by atoms with Crippen molar-refractivity contribution in [2.75, 3.05) is 11.4 Å². The molecule has 0 unspecified atom stereocenters. The van der Waals surface area contributed by atoms with Gasteiger partial charge in [-0.05, 0) is 12.1 Å². The van der Waals surface area contributed by atoms with Crippen molar-refractivity contribution in [1.82, 2.24) is 4.57 Å². The van der Waals surface area contributed by atoms with Crippen molar-refractivity contribution in [2.24, 2.45) is 0 Å². The van der Waals surface area contributed by atoms with Crippen molar-refractivity contribution in [3.8, 4) is 5.75 Å². The fraction of sp³-hybridized carbons (Fsp3) is 0.214. The van der Waals surface area contributed by atoms with Gasteiger partial charge >= 0.3 is 0 Å². The van der Waals surface area contributed by atoms with Crippen LogP contribution in [0.25, 0.3) is 0 Å². The standard InChI is InChI=1S/C14H14N2O2.ClH/c17-13-8-12-9-15(11-4-2-1-3-5-11)6-7-16(12)10-14(13)18;/h1-5,8,10,18H,6-7,9H2;1H. The lowest BCUT2D eigenvalue weighted by molar-refractivity contribution is 0.452. The molecule has 4 nitrogen and oxygen atoms in total. The number of rotatable bonds is 1. The summed E-state index contributed by atoms with van der Waals surface area (Å²) in [4.78, 5) is 13.7. The fourth-order valence-corrected chi connectivity index (χ4v) is 2.31. The molecule has 0 spiro atoms. The summed E-state index contributed by atoms with van der Waals surface area (Å²) in [6.45, 7) is 2.34. The number of para-hydroxylation sites is 1. The van der Waals surface area contributed by atoms with Crippen molar-refractivity contribution in [1.29, 1.82) is 0 Å². The largest absolute Gasteiger partial charge is 0.503 e. The summed E-state index contributed by atoms with van der Waals surface area (Å²) >= 11 is 0. The van der Waals surface area contributed by atoms with E-state index in [2.05, 4.69) is 17.0 Å². The topological polar surface area (TPSA) is 45.5 Å². The lowest BCUT2D eigenvalue weighted by Crippen LogP contribution is -2.34. The van der Waals surface area contributed by atoms with Crippen molar-refractivity contribution < 1.29 is 5.11 Å². The number of aromatic hydroxyl groups is 1. The Bertz CT molecular complexity index is 625. The van der Waals surface area contributed by atoms with Gasteiger partial charge in [-0.15, -0.1) is 12.4 Å². The van der Waals surface area contributed by atoms with Crippen LogP contribution >= 0.6 is 12.4 Å². The average molecular weight is 279 g/mol. The number of anilines is 1. The first-order valence-electron chi connectivity index (χ1n) is 5.96. The summed E-state index contributed by atoms with van der Waals surface area (Å²) in [5, 5.41) is 9.41.